The monoisotopic (exact) mass is 462 g/mol. The highest BCUT2D eigenvalue weighted by molar-refractivity contribution is 6.84. The smallest absolute Gasteiger partial charge is 0.160 e. The summed E-state index contributed by atoms with van der Waals surface area (Å²) in [7, 11) is -1.92. The Bertz CT molecular complexity index is 1250. The third-order valence-electron chi connectivity index (χ3n) is 8.32. The first-order valence-corrected chi connectivity index (χ1v) is 15.7. The molecule has 172 valence electrons. The maximum atomic E-state index is 3.69. The van der Waals surface area contributed by atoms with Gasteiger partial charge in [0.05, 0.1) is 22.7 Å². The molecule has 1 saturated carbocycles. The van der Waals surface area contributed by atoms with Crippen LogP contribution in [0.4, 0.5) is 22.7 Å². The number of nitrogens with zero attached hydrogens (tertiary/aromatic N) is 1. The normalized spacial score (nSPS) is 23.0. The van der Waals surface area contributed by atoms with Gasteiger partial charge in [-0.15, -0.1) is 0 Å². The first kappa shape index (κ1) is 21.5. The van der Waals surface area contributed by atoms with Gasteiger partial charge >= 0.3 is 0 Å². The van der Waals surface area contributed by atoms with Gasteiger partial charge in [-0.25, -0.2) is 0 Å². The summed E-state index contributed by atoms with van der Waals surface area (Å²) >= 11 is 0. The van der Waals surface area contributed by atoms with E-state index in [0.717, 1.165) is 0 Å². The average Bonchev–Trinajstić information content (AvgIpc) is 3.27. The van der Waals surface area contributed by atoms with E-state index in [0.29, 0.717) is 17.4 Å². The lowest BCUT2D eigenvalue weighted by molar-refractivity contribution is 0.559. The van der Waals surface area contributed by atoms with Crippen molar-refractivity contribution in [1.82, 2.24) is 0 Å². The van der Waals surface area contributed by atoms with Crippen molar-refractivity contribution in [2.45, 2.75) is 45.3 Å². The lowest BCUT2D eigenvalue weighted by Crippen LogP contribution is -2.52. The highest BCUT2D eigenvalue weighted by atomic mass is 28.3. The van der Waals surface area contributed by atoms with E-state index < -0.39 is 8.24 Å². The molecule has 3 aliphatic rings. The number of allylic oxidation sites excluding steroid dienone is 4. The van der Waals surface area contributed by atoms with E-state index in [1.54, 1.807) is 5.57 Å². The van der Waals surface area contributed by atoms with Gasteiger partial charge in [-0.05, 0) is 79.5 Å². The Kier molecular flexibility index (Phi) is 5.07. The van der Waals surface area contributed by atoms with E-state index >= 15 is 0 Å². The van der Waals surface area contributed by atoms with E-state index in [1.807, 2.05) is 0 Å². The van der Waals surface area contributed by atoms with Gasteiger partial charge in [0.1, 0.15) is 0 Å². The number of hydrogen-bond donors (Lipinski definition) is 1. The summed E-state index contributed by atoms with van der Waals surface area (Å²) in [6.45, 7) is 9.64. The predicted octanol–water partition coefficient (Wildman–Crippen LogP) is 8.75. The van der Waals surface area contributed by atoms with Crippen molar-refractivity contribution in [3.63, 3.8) is 0 Å². The summed E-state index contributed by atoms with van der Waals surface area (Å²) in [6, 6.07) is 24.8. The molecule has 2 nitrogen and oxygen atoms in total. The minimum absolute atomic E-state index is 0.608. The third kappa shape index (κ3) is 3.37. The summed E-state index contributed by atoms with van der Waals surface area (Å²) in [6.07, 6.45) is 9.85. The van der Waals surface area contributed by atoms with Gasteiger partial charge in [-0.1, -0.05) is 84.9 Å². The van der Waals surface area contributed by atoms with Crippen LogP contribution >= 0.6 is 0 Å². The summed E-state index contributed by atoms with van der Waals surface area (Å²) in [4.78, 5) is 0. The summed E-state index contributed by atoms with van der Waals surface area (Å²) < 4.78 is 2.75. The SMILES string of the molecule is Cc1cc(C)cc(C2=CC=C[C@@H]3C([Si](C)(C)N4c5ccccc5Nc5ccccc54)CC[C@H]23)c1. The highest BCUT2D eigenvalue weighted by Gasteiger charge is 2.50. The molecule has 0 aromatic heterocycles. The highest BCUT2D eigenvalue weighted by Crippen LogP contribution is 2.57. The molecule has 0 radical (unpaired) electrons. The molecule has 1 N–H and O–H groups in total. The molecule has 0 bridgehead atoms. The fraction of sp³-hybridized carbons (Fsp3) is 0.290. The largest absolute Gasteiger partial charge is 0.366 e. The van der Waals surface area contributed by atoms with E-state index in [-0.39, 0.29) is 0 Å². The van der Waals surface area contributed by atoms with Gasteiger partial charge in [0, 0.05) is 0 Å². The lowest BCUT2D eigenvalue weighted by Gasteiger charge is -2.48. The second kappa shape index (κ2) is 8.02. The number of aryl methyl sites for hydroxylation is 2. The number of benzene rings is 3. The molecule has 0 saturated heterocycles. The van der Waals surface area contributed by atoms with Gasteiger partial charge in [0.15, 0.2) is 8.24 Å². The molecule has 3 atom stereocenters. The van der Waals surface area contributed by atoms with Crippen molar-refractivity contribution in [1.29, 1.82) is 0 Å². The first-order valence-electron chi connectivity index (χ1n) is 12.7. The molecule has 2 aliphatic carbocycles. The lowest BCUT2D eigenvalue weighted by atomic mass is 9.80. The van der Waals surface area contributed by atoms with Crippen molar-refractivity contribution in [3.8, 4) is 0 Å². The number of hydrogen-bond acceptors (Lipinski definition) is 2. The second-order valence-corrected chi connectivity index (χ2v) is 15.4. The van der Waals surface area contributed by atoms with Crippen molar-refractivity contribution < 1.29 is 0 Å². The molecule has 3 heteroatoms. The Labute approximate surface area is 205 Å². The zero-order valence-electron chi connectivity index (χ0n) is 20.7. The van der Waals surface area contributed by atoms with E-state index in [9.17, 15) is 0 Å². The van der Waals surface area contributed by atoms with Crippen LogP contribution in [0, 0.1) is 25.7 Å². The Morgan fingerprint density at radius 2 is 1.44 bits per heavy atom. The molecule has 1 heterocycles. The standard InChI is InChI=1S/C31H34N2Si/c1-21-18-22(2)20-23(19-21)24-10-9-11-26-25(24)16-17-31(26)34(3,4)33-29-14-7-5-12-27(29)32-28-13-6-8-15-30(28)33/h5-15,18-20,25-26,31-32H,16-17H2,1-4H3/t25-,26+,31?/m1/s1. The van der Waals surface area contributed by atoms with E-state index in [1.165, 1.54) is 52.3 Å². The molecule has 6 rings (SSSR count). The molecule has 0 amide bonds. The summed E-state index contributed by atoms with van der Waals surface area (Å²) in [5.41, 5.74) is 11.5. The number of rotatable bonds is 3. The molecule has 3 aromatic carbocycles. The number of fused-ring (bicyclic) bond motifs is 3. The molecule has 1 fully saturated rings. The molecule has 3 aromatic rings. The third-order valence-corrected chi connectivity index (χ3v) is 12.4. The minimum Gasteiger partial charge on any atom is -0.366 e. The Morgan fingerprint density at radius 1 is 0.824 bits per heavy atom. The zero-order chi connectivity index (χ0) is 23.4. The number of nitrogens with one attached hydrogen (secondary N) is 1. The Morgan fingerprint density at radius 3 is 2.09 bits per heavy atom. The van der Waals surface area contributed by atoms with Gasteiger partial charge in [0.25, 0.3) is 0 Å². The van der Waals surface area contributed by atoms with Crippen LogP contribution in [-0.4, -0.2) is 8.24 Å². The quantitative estimate of drug-likeness (QED) is 0.391. The fourth-order valence-electron chi connectivity index (χ4n) is 6.95. The van der Waals surface area contributed by atoms with Crippen LogP contribution < -0.4 is 9.88 Å². The molecular formula is C31H34N2Si. The maximum Gasteiger partial charge on any atom is 0.160 e. The van der Waals surface area contributed by atoms with Crippen molar-refractivity contribution in [3.05, 3.63) is 102 Å². The summed E-state index contributed by atoms with van der Waals surface area (Å²) in [5, 5.41) is 3.69. The van der Waals surface area contributed by atoms with Gasteiger partial charge in [-0.2, -0.15) is 0 Å². The van der Waals surface area contributed by atoms with Crippen LogP contribution in [-0.2, 0) is 0 Å². The fourth-order valence-corrected chi connectivity index (χ4v) is 11.1. The topological polar surface area (TPSA) is 15.3 Å². The second-order valence-electron chi connectivity index (χ2n) is 10.9. The van der Waals surface area contributed by atoms with Crippen molar-refractivity contribution in [2.75, 3.05) is 9.88 Å². The van der Waals surface area contributed by atoms with Crippen LogP contribution in [0.1, 0.15) is 29.5 Å². The Balaban J connectivity index is 1.39. The van der Waals surface area contributed by atoms with Crippen LogP contribution in [0.25, 0.3) is 5.57 Å². The minimum atomic E-state index is -1.92. The van der Waals surface area contributed by atoms with Crippen LogP contribution in [0.3, 0.4) is 0 Å². The van der Waals surface area contributed by atoms with Gasteiger partial charge in [0.2, 0.25) is 0 Å². The van der Waals surface area contributed by atoms with Crippen LogP contribution in [0.5, 0.6) is 0 Å². The molecule has 1 unspecified atom stereocenters. The maximum absolute atomic E-state index is 3.69. The molecule has 34 heavy (non-hydrogen) atoms. The average molecular weight is 463 g/mol. The van der Waals surface area contributed by atoms with E-state index in [4.69, 9.17) is 0 Å². The van der Waals surface area contributed by atoms with Crippen LogP contribution in [0.2, 0.25) is 18.6 Å². The summed E-state index contributed by atoms with van der Waals surface area (Å²) in [5.74, 6) is 1.23. The molecule has 1 aliphatic heterocycles. The van der Waals surface area contributed by atoms with Gasteiger partial charge < -0.3 is 9.88 Å². The number of para-hydroxylation sites is 4. The Hall–Kier alpha value is -3.04. The molecule has 0 spiro atoms. The van der Waals surface area contributed by atoms with Gasteiger partial charge in [-0.3, -0.25) is 0 Å². The van der Waals surface area contributed by atoms with Crippen molar-refractivity contribution in [2.24, 2.45) is 11.8 Å². The van der Waals surface area contributed by atoms with Crippen molar-refractivity contribution >= 4 is 36.6 Å². The predicted molar refractivity (Wildman–Crippen MR) is 149 cm³/mol. The first-order chi connectivity index (χ1) is 16.4. The zero-order valence-corrected chi connectivity index (χ0v) is 21.7. The molecular weight excluding hydrogens is 428 g/mol. The van der Waals surface area contributed by atoms with Crippen LogP contribution in [0.15, 0.2) is 85.0 Å². The number of anilines is 4. The van der Waals surface area contributed by atoms with E-state index in [2.05, 4.69) is 122 Å².